The molecular weight excluding hydrogens is 312 g/mol. The molecule has 1 aliphatic rings. The number of rotatable bonds is 3. The predicted molar refractivity (Wildman–Crippen MR) is 92.0 cm³/mol. The maximum absolute atomic E-state index is 12.7. The molecule has 0 radical (unpaired) electrons. The van der Waals surface area contributed by atoms with Gasteiger partial charge in [0.1, 0.15) is 0 Å². The third kappa shape index (κ3) is 3.22. The van der Waals surface area contributed by atoms with E-state index in [-0.39, 0.29) is 18.2 Å². The van der Waals surface area contributed by atoms with Crippen molar-refractivity contribution in [2.45, 2.75) is 19.8 Å². The molecular formula is C18H17ClN2O2. The number of imide groups is 1. The second kappa shape index (κ2) is 6.42. The molecule has 3 rings (SSSR count). The van der Waals surface area contributed by atoms with E-state index in [4.69, 9.17) is 11.6 Å². The first-order valence-corrected chi connectivity index (χ1v) is 7.88. The summed E-state index contributed by atoms with van der Waals surface area (Å²) in [6.45, 7) is 2.23. The molecule has 0 saturated heterocycles. The predicted octanol–water partition coefficient (Wildman–Crippen LogP) is 3.43. The van der Waals surface area contributed by atoms with Crippen LogP contribution < -0.4 is 10.2 Å². The summed E-state index contributed by atoms with van der Waals surface area (Å²) in [5.74, 6) is -0.534. The van der Waals surface area contributed by atoms with Crippen molar-refractivity contribution in [2.75, 3.05) is 16.8 Å². The van der Waals surface area contributed by atoms with Crippen LogP contribution in [0.1, 0.15) is 18.1 Å². The Morgan fingerprint density at radius 1 is 1.17 bits per heavy atom. The van der Waals surface area contributed by atoms with Crippen molar-refractivity contribution in [3.63, 3.8) is 0 Å². The number of nitrogens with zero attached hydrogens (tertiary/aromatic N) is 1. The average Bonchev–Trinajstić information content (AvgIpc) is 2.99. The molecule has 0 fully saturated rings. The van der Waals surface area contributed by atoms with Crippen LogP contribution in [-0.4, -0.2) is 18.4 Å². The Labute approximate surface area is 140 Å². The minimum atomic E-state index is -0.286. The van der Waals surface area contributed by atoms with Gasteiger partial charge in [-0.05, 0) is 35.7 Å². The molecule has 0 spiro atoms. The number of para-hydroxylation sites is 1. The molecule has 1 N–H and O–H groups in total. The number of halogens is 1. The molecule has 0 unspecified atom stereocenters. The van der Waals surface area contributed by atoms with Crippen LogP contribution in [0, 0.1) is 0 Å². The number of nitrogens with one attached hydrogen (secondary N) is 1. The Morgan fingerprint density at radius 3 is 2.61 bits per heavy atom. The second-order valence-corrected chi connectivity index (χ2v) is 5.98. The lowest BCUT2D eigenvalue weighted by Crippen LogP contribution is -2.36. The Hall–Kier alpha value is -2.33. The van der Waals surface area contributed by atoms with Gasteiger partial charge in [0.15, 0.2) is 0 Å². The smallest absolute Gasteiger partial charge is 0.238 e. The largest absolute Gasteiger partial charge is 0.383 e. The van der Waals surface area contributed by atoms with E-state index in [0.717, 1.165) is 29.8 Å². The Morgan fingerprint density at radius 2 is 1.91 bits per heavy atom. The number of hydrogen-bond donors (Lipinski definition) is 1. The van der Waals surface area contributed by atoms with Crippen molar-refractivity contribution in [1.82, 2.24) is 0 Å². The molecule has 0 saturated carbocycles. The lowest BCUT2D eigenvalue weighted by molar-refractivity contribution is -0.125. The zero-order valence-corrected chi connectivity index (χ0v) is 13.6. The van der Waals surface area contributed by atoms with E-state index in [2.05, 4.69) is 5.32 Å². The van der Waals surface area contributed by atoms with Crippen molar-refractivity contribution >= 4 is 34.8 Å². The normalized spacial score (nSPS) is 12.4. The van der Waals surface area contributed by atoms with E-state index in [1.807, 2.05) is 12.1 Å². The van der Waals surface area contributed by atoms with E-state index in [9.17, 15) is 9.59 Å². The highest BCUT2D eigenvalue weighted by molar-refractivity contribution is 6.30. The van der Waals surface area contributed by atoms with Crippen molar-refractivity contribution in [3.8, 4) is 0 Å². The van der Waals surface area contributed by atoms with Gasteiger partial charge in [-0.1, -0.05) is 35.9 Å². The fourth-order valence-corrected chi connectivity index (χ4v) is 2.97. The first-order valence-electron chi connectivity index (χ1n) is 7.50. The van der Waals surface area contributed by atoms with Gasteiger partial charge < -0.3 is 5.32 Å². The second-order valence-electron chi connectivity index (χ2n) is 5.54. The van der Waals surface area contributed by atoms with Gasteiger partial charge in [0.2, 0.25) is 11.8 Å². The van der Waals surface area contributed by atoms with Crippen LogP contribution >= 0.6 is 11.6 Å². The number of carbonyl (C=O) groups is 2. The highest BCUT2D eigenvalue weighted by atomic mass is 35.5. The molecule has 118 valence electrons. The third-order valence-electron chi connectivity index (χ3n) is 3.90. The highest BCUT2D eigenvalue weighted by Crippen LogP contribution is 2.34. The zero-order valence-electron chi connectivity index (χ0n) is 12.8. The lowest BCUT2D eigenvalue weighted by atomic mass is 10.1. The van der Waals surface area contributed by atoms with E-state index in [1.54, 1.807) is 30.3 Å². The minimum Gasteiger partial charge on any atom is -0.383 e. The van der Waals surface area contributed by atoms with Crippen molar-refractivity contribution in [2.24, 2.45) is 0 Å². The summed E-state index contributed by atoms with van der Waals surface area (Å²) in [6.07, 6.45) is 1.06. The van der Waals surface area contributed by atoms with Crippen molar-refractivity contribution < 1.29 is 9.59 Å². The Bertz CT molecular complexity index is 756. The van der Waals surface area contributed by atoms with Crippen LogP contribution in [0.25, 0.3) is 0 Å². The Kier molecular flexibility index (Phi) is 4.35. The van der Waals surface area contributed by atoms with Gasteiger partial charge in [0.05, 0.1) is 17.8 Å². The van der Waals surface area contributed by atoms with Gasteiger partial charge in [-0.15, -0.1) is 0 Å². The number of hydrogen-bond acceptors (Lipinski definition) is 3. The van der Waals surface area contributed by atoms with E-state index >= 15 is 0 Å². The van der Waals surface area contributed by atoms with Crippen LogP contribution in [-0.2, 0) is 22.4 Å². The summed E-state index contributed by atoms with van der Waals surface area (Å²) in [7, 11) is 0. The summed E-state index contributed by atoms with van der Waals surface area (Å²) in [5, 5.41) is 3.89. The van der Waals surface area contributed by atoms with Crippen molar-refractivity contribution in [3.05, 3.63) is 58.6 Å². The van der Waals surface area contributed by atoms with Crippen LogP contribution in [0.2, 0.25) is 5.02 Å². The number of benzene rings is 2. The number of fused-ring (bicyclic) bond motifs is 1. The molecule has 0 aromatic heterocycles. The van der Waals surface area contributed by atoms with Gasteiger partial charge >= 0.3 is 0 Å². The van der Waals surface area contributed by atoms with Crippen LogP contribution in [0.15, 0.2) is 42.5 Å². The monoisotopic (exact) mass is 328 g/mol. The SMILES string of the molecule is CC(=O)N(C(=O)Cc1ccc(Cl)cc1)c1cccc2c1NCC2. The molecule has 2 aromatic rings. The number of carbonyl (C=O) groups excluding carboxylic acids is 2. The molecule has 0 atom stereocenters. The summed E-state index contributed by atoms with van der Waals surface area (Å²) < 4.78 is 0. The quantitative estimate of drug-likeness (QED) is 0.939. The zero-order chi connectivity index (χ0) is 16.4. The van der Waals surface area contributed by atoms with Crippen LogP contribution in [0.4, 0.5) is 11.4 Å². The molecule has 5 heteroatoms. The van der Waals surface area contributed by atoms with Crippen LogP contribution in [0.3, 0.4) is 0 Å². The summed E-state index contributed by atoms with van der Waals surface area (Å²) >= 11 is 5.86. The Balaban J connectivity index is 1.90. The highest BCUT2D eigenvalue weighted by Gasteiger charge is 2.25. The minimum absolute atomic E-state index is 0.153. The molecule has 23 heavy (non-hydrogen) atoms. The standard InChI is InChI=1S/C18H17ClN2O2/c1-12(22)21(16-4-2-3-14-9-10-20-18(14)16)17(23)11-13-5-7-15(19)8-6-13/h2-8,20H,9-11H2,1H3. The van der Waals surface area contributed by atoms with Gasteiger partial charge in [0, 0.05) is 18.5 Å². The first kappa shape index (κ1) is 15.6. The molecule has 1 aliphatic heterocycles. The number of anilines is 2. The van der Waals surface area contributed by atoms with E-state index in [0.29, 0.717) is 10.7 Å². The first-order chi connectivity index (χ1) is 11.1. The fraction of sp³-hybridized carbons (Fsp3) is 0.222. The van der Waals surface area contributed by atoms with Gasteiger partial charge in [-0.3, -0.25) is 9.59 Å². The summed E-state index contributed by atoms with van der Waals surface area (Å²) in [6, 6.07) is 12.8. The molecule has 4 nitrogen and oxygen atoms in total. The average molecular weight is 329 g/mol. The van der Waals surface area contributed by atoms with Crippen LogP contribution in [0.5, 0.6) is 0 Å². The topological polar surface area (TPSA) is 49.4 Å². The number of amides is 2. The van der Waals surface area contributed by atoms with Gasteiger partial charge in [-0.25, -0.2) is 4.90 Å². The summed E-state index contributed by atoms with van der Waals surface area (Å²) in [4.78, 5) is 26.0. The molecule has 2 amide bonds. The summed E-state index contributed by atoms with van der Waals surface area (Å²) in [5.41, 5.74) is 3.47. The maximum Gasteiger partial charge on any atom is 0.238 e. The molecule has 0 bridgehead atoms. The van der Waals surface area contributed by atoms with Gasteiger partial charge in [-0.2, -0.15) is 0 Å². The van der Waals surface area contributed by atoms with E-state index in [1.165, 1.54) is 11.8 Å². The fourth-order valence-electron chi connectivity index (χ4n) is 2.84. The lowest BCUT2D eigenvalue weighted by Gasteiger charge is -2.22. The van der Waals surface area contributed by atoms with E-state index < -0.39 is 0 Å². The van der Waals surface area contributed by atoms with Gasteiger partial charge in [0.25, 0.3) is 0 Å². The molecule has 1 heterocycles. The molecule has 2 aromatic carbocycles. The third-order valence-corrected chi connectivity index (χ3v) is 4.15. The van der Waals surface area contributed by atoms with Crippen molar-refractivity contribution in [1.29, 1.82) is 0 Å². The maximum atomic E-state index is 12.7. The molecule has 0 aliphatic carbocycles.